The van der Waals surface area contributed by atoms with Crippen molar-refractivity contribution in [2.45, 2.75) is 53.6 Å². The number of rotatable bonds is 5. The number of hydrogen-bond donors (Lipinski definition) is 0. The monoisotopic (exact) mass is 484 g/mol. The molecule has 6 nitrogen and oxygen atoms in total. The lowest BCUT2D eigenvalue weighted by Gasteiger charge is -2.34. The zero-order chi connectivity index (χ0) is 25.6. The first-order valence-corrected chi connectivity index (χ1v) is 12.2. The summed E-state index contributed by atoms with van der Waals surface area (Å²) in [5, 5.41) is 9.05. The first-order valence-electron chi connectivity index (χ1n) is 12.2. The van der Waals surface area contributed by atoms with Gasteiger partial charge in [0.1, 0.15) is 5.71 Å². The first-order chi connectivity index (χ1) is 17.2. The highest BCUT2D eigenvalue weighted by atomic mass is 16.8. The lowest BCUT2D eigenvalue weighted by Crippen LogP contribution is -2.47. The van der Waals surface area contributed by atoms with E-state index in [0.29, 0.717) is 5.90 Å². The van der Waals surface area contributed by atoms with Gasteiger partial charge in [-0.25, -0.2) is 0 Å². The van der Waals surface area contributed by atoms with E-state index in [-0.39, 0.29) is 0 Å². The van der Waals surface area contributed by atoms with Gasteiger partial charge in [-0.2, -0.15) is 0 Å². The molecule has 2 aliphatic heterocycles. The maximum absolute atomic E-state index is 6.78. The predicted molar refractivity (Wildman–Crippen MR) is 140 cm³/mol. The number of hydrogen-bond acceptors (Lipinski definition) is 6. The maximum atomic E-state index is 6.78. The number of oxime groups is 2. The molecule has 186 valence electrons. The van der Waals surface area contributed by atoms with Crippen molar-refractivity contribution in [3.63, 3.8) is 0 Å². The zero-order valence-electron chi connectivity index (χ0n) is 21.9. The molecule has 0 bridgehead atoms. The second-order valence-corrected chi connectivity index (χ2v) is 9.83. The molecule has 0 aromatic heterocycles. The van der Waals surface area contributed by atoms with Crippen LogP contribution in [0.15, 0.2) is 64.9 Å². The van der Waals surface area contributed by atoms with Crippen LogP contribution in [0.4, 0.5) is 0 Å². The van der Waals surface area contributed by atoms with E-state index >= 15 is 0 Å². The van der Waals surface area contributed by atoms with Gasteiger partial charge < -0.3 is 19.1 Å². The summed E-state index contributed by atoms with van der Waals surface area (Å²) >= 11 is 0. The molecule has 0 fully saturated rings. The lowest BCUT2D eigenvalue weighted by atomic mass is 9.81. The summed E-state index contributed by atoms with van der Waals surface area (Å²) in [4.78, 5) is 12.2. The third-order valence-electron chi connectivity index (χ3n) is 6.98. The Labute approximate surface area is 212 Å². The lowest BCUT2D eigenvalue weighted by molar-refractivity contribution is -0.244. The van der Waals surface area contributed by atoms with E-state index in [4.69, 9.17) is 19.1 Å². The molecule has 36 heavy (non-hydrogen) atoms. The fourth-order valence-electron chi connectivity index (χ4n) is 5.66. The quantitative estimate of drug-likeness (QED) is 0.438. The van der Waals surface area contributed by atoms with Gasteiger partial charge in [-0.1, -0.05) is 70.9 Å². The minimum atomic E-state index is -1.33. The van der Waals surface area contributed by atoms with Crippen molar-refractivity contribution in [1.82, 2.24) is 0 Å². The summed E-state index contributed by atoms with van der Waals surface area (Å²) in [6.45, 7) is 12.5. The Balaban J connectivity index is 1.67. The smallest absolute Gasteiger partial charge is 0.318 e. The van der Waals surface area contributed by atoms with Gasteiger partial charge in [0.2, 0.25) is 6.29 Å². The molecule has 0 saturated carbocycles. The number of nitrogens with zero attached hydrogens (tertiary/aromatic N) is 2. The Kier molecular flexibility index (Phi) is 6.08. The minimum absolute atomic E-state index is 0.437. The predicted octanol–water partition coefficient (Wildman–Crippen LogP) is 6.12. The maximum Gasteiger partial charge on any atom is 0.318 e. The Hall–Kier alpha value is -3.64. The van der Waals surface area contributed by atoms with Crippen LogP contribution in [0, 0.1) is 47.5 Å². The summed E-state index contributed by atoms with van der Waals surface area (Å²) in [6.07, 6.45) is -0.727. The number of benzene rings is 3. The number of aryl methyl sites for hydroxylation is 6. The molecule has 0 N–H and O–H groups in total. The van der Waals surface area contributed by atoms with Crippen LogP contribution in [0.2, 0.25) is 0 Å². The van der Waals surface area contributed by atoms with Crippen molar-refractivity contribution in [2.24, 2.45) is 16.2 Å². The fourth-order valence-corrected chi connectivity index (χ4v) is 5.66. The van der Waals surface area contributed by atoms with E-state index < -0.39 is 18.0 Å². The van der Waals surface area contributed by atoms with Crippen molar-refractivity contribution < 1.29 is 19.1 Å². The van der Waals surface area contributed by atoms with Gasteiger partial charge in [0.25, 0.3) is 5.90 Å². The summed E-state index contributed by atoms with van der Waals surface area (Å²) in [6, 6.07) is 18.4. The van der Waals surface area contributed by atoms with Crippen LogP contribution in [0.3, 0.4) is 0 Å². The summed E-state index contributed by atoms with van der Waals surface area (Å²) in [5.74, 6) is -1.44. The van der Waals surface area contributed by atoms with Crippen molar-refractivity contribution in [2.75, 3.05) is 7.11 Å². The zero-order valence-corrected chi connectivity index (χ0v) is 21.9. The third kappa shape index (κ3) is 3.86. The number of methoxy groups -OCH3 is 1. The van der Waals surface area contributed by atoms with Crippen molar-refractivity contribution in [3.05, 3.63) is 105 Å². The summed E-state index contributed by atoms with van der Waals surface area (Å²) in [5.41, 5.74) is 10.2. The average molecular weight is 485 g/mol. The number of ether oxygens (including phenoxy) is 2. The first kappa shape index (κ1) is 24.1. The van der Waals surface area contributed by atoms with Gasteiger partial charge in [-0.15, -0.1) is 0 Å². The largest absolute Gasteiger partial charge is 0.425 e. The SMILES string of the molecule is COC1ON=C(c2c(C)cc(C)cc2C)C1C1(c2ccccc2)ON=C(c2c(C)cc(C)cc2C)O1. The van der Waals surface area contributed by atoms with E-state index in [9.17, 15) is 0 Å². The molecule has 0 spiro atoms. The standard InChI is InChI=1S/C30H32N2O4/c1-17-13-19(3)24(20(4)14-17)27-26(29(33-7)35-31-27)30(23-11-9-8-10-12-23)34-28(32-36-30)25-21(5)15-18(2)16-22(25)6/h8-16,26,29H,1-7H3. The second kappa shape index (κ2) is 9.10. The van der Waals surface area contributed by atoms with Crippen LogP contribution in [-0.2, 0) is 24.9 Å². The van der Waals surface area contributed by atoms with Crippen LogP contribution in [0.25, 0.3) is 0 Å². The molecule has 3 unspecified atom stereocenters. The van der Waals surface area contributed by atoms with Crippen LogP contribution in [0.5, 0.6) is 0 Å². The average Bonchev–Trinajstić information content (AvgIpc) is 3.44. The minimum Gasteiger partial charge on any atom is -0.425 e. The highest BCUT2D eigenvalue weighted by Crippen LogP contribution is 2.47. The van der Waals surface area contributed by atoms with Crippen LogP contribution < -0.4 is 0 Å². The van der Waals surface area contributed by atoms with Gasteiger partial charge in [-0.3, -0.25) is 0 Å². The molecule has 3 aromatic carbocycles. The molecule has 5 rings (SSSR count). The molecule has 3 aromatic rings. The van der Waals surface area contributed by atoms with E-state index in [1.807, 2.05) is 30.3 Å². The van der Waals surface area contributed by atoms with Crippen molar-refractivity contribution in [1.29, 1.82) is 0 Å². The van der Waals surface area contributed by atoms with Gasteiger partial charge in [-0.05, 0) is 69.0 Å². The molecule has 0 aliphatic carbocycles. The van der Waals surface area contributed by atoms with Crippen molar-refractivity contribution in [3.8, 4) is 0 Å². The molecular weight excluding hydrogens is 452 g/mol. The summed E-state index contributed by atoms with van der Waals surface area (Å²) in [7, 11) is 1.61. The van der Waals surface area contributed by atoms with E-state index in [1.54, 1.807) is 7.11 Å². The second-order valence-electron chi connectivity index (χ2n) is 9.83. The summed E-state index contributed by atoms with van der Waals surface area (Å²) < 4.78 is 12.6. The van der Waals surface area contributed by atoms with Gasteiger partial charge in [0.05, 0.1) is 0 Å². The Bertz CT molecular complexity index is 1330. The van der Waals surface area contributed by atoms with Gasteiger partial charge >= 0.3 is 5.79 Å². The molecule has 2 heterocycles. The fraction of sp³-hybridized carbons (Fsp3) is 0.333. The molecule has 0 amide bonds. The third-order valence-corrected chi connectivity index (χ3v) is 6.98. The van der Waals surface area contributed by atoms with E-state index in [0.717, 1.165) is 44.7 Å². The normalized spacial score (nSPS) is 23.0. The molecular formula is C30H32N2O4. The van der Waals surface area contributed by atoms with Crippen LogP contribution >= 0.6 is 0 Å². The highest BCUT2D eigenvalue weighted by Gasteiger charge is 2.60. The Morgan fingerprint density at radius 1 is 0.750 bits per heavy atom. The van der Waals surface area contributed by atoms with Crippen LogP contribution in [0.1, 0.15) is 50.1 Å². The van der Waals surface area contributed by atoms with Crippen molar-refractivity contribution >= 4 is 11.6 Å². The Morgan fingerprint density at radius 2 is 1.31 bits per heavy atom. The molecule has 2 aliphatic rings. The molecule has 0 radical (unpaired) electrons. The highest BCUT2D eigenvalue weighted by molar-refractivity contribution is 6.06. The Morgan fingerprint density at radius 3 is 1.86 bits per heavy atom. The topological polar surface area (TPSA) is 61.6 Å². The molecule has 0 saturated heterocycles. The van der Waals surface area contributed by atoms with Crippen LogP contribution in [-0.4, -0.2) is 25.0 Å². The van der Waals surface area contributed by atoms with E-state index in [2.05, 4.69) is 76.1 Å². The van der Waals surface area contributed by atoms with Gasteiger partial charge in [0, 0.05) is 23.8 Å². The molecule has 3 atom stereocenters. The van der Waals surface area contributed by atoms with Gasteiger partial charge in [0.15, 0.2) is 5.92 Å². The van der Waals surface area contributed by atoms with E-state index in [1.165, 1.54) is 11.1 Å². The molecule has 6 heteroatoms.